The van der Waals surface area contributed by atoms with E-state index in [9.17, 15) is 9.18 Å². The molecule has 0 spiro atoms. The second kappa shape index (κ2) is 6.74. The monoisotopic (exact) mass is 324 g/mol. The minimum absolute atomic E-state index is 0.159. The molecule has 0 aliphatic heterocycles. The number of carbonyl (C=O) groups excluding carboxylic acids is 1. The zero-order valence-electron chi connectivity index (χ0n) is 13.5. The number of benzene rings is 2. The highest BCUT2D eigenvalue weighted by Gasteiger charge is 2.14. The van der Waals surface area contributed by atoms with Gasteiger partial charge in [-0.15, -0.1) is 0 Å². The Labute approximate surface area is 139 Å². The lowest BCUT2D eigenvalue weighted by Crippen LogP contribution is -1.93. The fraction of sp³-hybridized carbons (Fsp3) is 0.211. The number of hydrogen-bond donors (Lipinski definition) is 0. The maximum Gasteiger partial charge on any atom is 0.258 e. The largest absolute Gasteiger partial charge is 0.334 e. The smallest absolute Gasteiger partial charge is 0.258 e. The fourth-order valence-electron chi connectivity index (χ4n) is 2.49. The van der Waals surface area contributed by atoms with Gasteiger partial charge >= 0.3 is 0 Å². The molecule has 1 heterocycles. The standard InChI is InChI=1S/C19H17FN2O2/c1-12(2)9-13-3-6-15(7-4-13)19-21-18(22-24-19)16-8-5-14(11-23)10-17(16)20/h3-8,10-12H,9H2,1-2H3. The minimum Gasteiger partial charge on any atom is -0.334 e. The third kappa shape index (κ3) is 3.40. The van der Waals surface area contributed by atoms with Crippen LogP contribution in [-0.4, -0.2) is 16.4 Å². The maximum atomic E-state index is 14.0. The van der Waals surface area contributed by atoms with Gasteiger partial charge in [0.15, 0.2) is 0 Å². The molecule has 0 unspecified atom stereocenters. The Hall–Kier alpha value is -2.82. The van der Waals surface area contributed by atoms with E-state index in [-0.39, 0.29) is 17.0 Å². The van der Waals surface area contributed by atoms with Crippen LogP contribution in [0.15, 0.2) is 47.0 Å². The lowest BCUT2D eigenvalue weighted by molar-refractivity contribution is 0.112. The first-order valence-corrected chi connectivity index (χ1v) is 7.75. The highest BCUT2D eigenvalue weighted by molar-refractivity contribution is 5.76. The van der Waals surface area contributed by atoms with E-state index in [0.29, 0.717) is 18.1 Å². The van der Waals surface area contributed by atoms with Gasteiger partial charge in [0.2, 0.25) is 5.82 Å². The summed E-state index contributed by atoms with van der Waals surface area (Å²) in [6.07, 6.45) is 1.59. The summed E-state index contributed by atoms with van der Waals surface area (Å²) in [5, 5.41) is 3.84. The van der Waals surface area contributed by atoms with E-state index >= 15 is 0 Å². The molecular formula is C19H17FN2O2. The fourth-order valence-corrected chi connectivity index (χ4v) is 2.49. The van der Waals surface area contributed by atoms with Gasteiger partial charge in [-0.05, 0) is 42.2 Å². The number of hydrogen-bond acceptors (Lipinski definition) is 4. The van der Waals surface area contributed by atoms with Gasteiger partial charge in [0.1, 0.15) is 12.1 Å². The molecule has 0 saturated carbocycles. The van der Waals surface area contributed by atoms with Gasteiger partial charge in [0.05, 0.1) is 5.56 Å². The van der Waals surface area contributed by atoms with Crippen LogP contribution in [-0.2, 0) is 6.42 Å². The molecule has 0 fully saturated rings. The van der Waals surface area contributed by atoms with E-state index in [2.05, 4.69) is 24.0 Å². The van der Waals surface area contributed by atoms with Crippen LogP contribution < -0.4 is 0 Å². The van der Waals surface area contributed by atoms with Gasteiger partial charge in [-0.2, -0.15) is 4.98 Å². The van der Waals surface area contributed by atoms with E-state index in [1.165, 1.54) is 17.7 Å². The molecule has 5 heteroatoms. The van der Waals surface area contributed by atoms with E-state index in [1.54, 1.807) is 0 Å². The predicted octanol–water partition coefficient (Wildman–Crippen LogP) is 4.55. The molecule has 24 heavy (non-hydrogen) atoms. The molecule has 3 aromatic rings. The molecule has 0 aliphatic rings. The molecule has 0 bridgehead atoms. The molecular weight excluding hydrogens is 307 g/mol. The van der Waals surface area contributed by atoms with Crippen LogP contribution in [0.3, 0.4) is 0 Å². The number of rotatable bonds is 5. The molecule has 0 aliphatic carbocycles. The van der Waals surface area contributed by atoms with Crippen LogP contribution in [0, 0.1) is 11.7 Å². The van der Waals surface area contributed by atoms with Gasteiger partial charge in [0.25, 0.3) is 5.89 Å². The molecule has 0 radical (unpaired) electrons. The summed E-state index contributed by atoms with van der Waals surface area (Å²) in [6, 6.07) is 12.0. The summed E-state index contributed by atoms with van der Waals surface area (Å²) in [7, 11) is 0. The molecule has 1 aromatic heterocycles. The quantitative estimate of drug-likeness (QED) is 0.646. The van der Waals surface area contributed by atoms with Crippen LogP contribution >= 0.6 is 0 Å². The zero-order valence-corrected chi connectivity index (χ0v) is 13.5. The lowest BCUT2D eigenvalue weighted by Gasteiger charge is -2.04. The summed E-state index contributed by atoms with van der Waals surface area (Å²) in [5.74, 6) is 0.522. The van der Waals surface area contributed by atoms with E-state index in [0.717, 1.165) is 18.1 Å². The van der Waals surface area contributed by atoms with Crippen molar-refractivity contribution < 1.29 is 13.7 Å². The Morgan fingerprint density at radius 1 is 1.17 bits per heavy atom. The molecule has 3 rings (SSSR count). The summed E-state index contributed by atoms with van der Waals surface area (Å²) in [4.78, 5) is 14.9. The molecule has 0 N–H and O–H groups in total. The van der Waals surface area contributed by atoms with Crippen LogP contribution in [0.1, 0.15) is 29.8 Å². The summed E-state index contributed by atoms with van der Waals surface area (Å²) >= 11 is 0. The third-order valence-electron chi connectivity index (χ3n) is 3.64. The first-order chi connectivity index (χ1) is 11.6. The minimum atomic E-state index is -0.556. The Morgan fingerprint density at radius 2 is 1.92 bits per heavy atom. The van der Waals surface area contributed by atoms with Gasteiger partial charge in [-0.3, -0.25) is 4.79 Å². The van der Waals surface area contributed by atoms with Crippen molar-refractivity contribution in [3.63, 3.8) is 0 Å². The number of aldehydes is 1. The Bertz CT molecular complexity index is 854. The highest BCUT2D eigenvalue weighted by Crippen LogP contribution is 2.25. The van der Waals surface area contributed by atoms with Crippen molar-refractivity contribution in [3.8, 4) is 22.8 Å². The van der Waals surface area contributed by atoms with Crippen molar-refractivity contribution in [2.45, 2.75) is 20.3 Å². The SMILES string of the molecule is CC(C)Cc1ccc(-c2nc(-c3ccc(C=O)cc3F)no2)cc1. The van der Waals surface area contributed by atoms with Crippen molar-refractivity contribution in [2.24, 2.45) is 5.92 Å². The van der Waals surface area contributed by atoms with Crippen molar-refractivity contribution in [2.75, 3.05) is 0 Å². The zero-order chi connectivity index (χ0) is 17.1. The van der Waals surface area contributed by atoms with Gasteiger partial charge in [0, 0.05) is 11.1 Å². The lowest BCUT2D eigenvalue weighted by atomic mass is 10.0. The summed E-state index contributed by atoms with van der Waals surface area (Å²) in [6.45, 7) is 4.34. The molecule has 122 valence electrons. The first-order valence-electron chi connectivity index (χ1n) is 7.75. The topological polar surface area (TPSA) is 56.0 Å². The van der Waals surface area contributed by atoms with Crippen molar-refractivity contribution in [1.29, 1.82) is 0 Å². The van der Waals surface area contributed by atoms with E-state index in [1.807, 2.05) is 24.3 Å². The van der Waals surface area contributed by atoms with Crippen LogP contribution in [0.4, 0.5) is 4.39 Å². The average Bonchev–Trinajstić information content (AvgIpc) is 3.04. The van der Waals surface area contributed by atoms with E-state index < -0.39 is 5.82 Å². The highest BCUT2D eigenvalue weighted by atomic mass is 19.1. The van der Waals surface area contributed by atoms with Crippen molar-refractivity contribution >= 4 is 6.29 Å². The van der Waals surface area contributed by atoms with Crippen molar-refractivity contribution in [3.05, 3.63) is 59.4 Å². The van der Waals surface area contributed by atoms with Crippen LogP contribution in [0.25, 0.3) is 22.8 Å². The number of halogens is 1. The maximum absolute atomic E-state index is 14.0. The van der Waals surface area contributed by atoms with E-state index in [4.69, 9.17) is 4.52 Å². The predicted molar refractivity (Wildman–Crippen MR) is 89.1 cm³/mol. The number of carbonyl (C=O) groups is 1. The number of aromatic nitrogens is 2. The van der Waals surface area contributed by atoms with Gasteiger partial charge in [-0.25, -0.2) is 4.39 Å². The van der Waals surface area contributed by atoms with Crippen molar-refractivity contribution in [1.82, 2.24) is 10.1 Å². The molecule has 0 saturated heterocycles. The normalized spacial score (nSPS) is 11.0. The third-order valence-corrected chi connectivity index (χ3v) is 3.64. The van der Waals surface area contributed by atoms with Crippen LogP contribution in [0.2, 0.25) is 0 Å². The number of nitrogens with zero attached hydrogens (tertiary/aromatic N) is 2. The Balaban J connectivity index is 1.86. The molecule has 4 nitrogen and oxygen atoms in total. The summed E-state index contributed by atoms with van der Waals surface area (Å²) < 4.78 is 19.3. The van der Waals surface area contributed by atoms with Crippen LogP contribution in [0.5, 0.6) is 0 Å². The van der Waals surface area contributed by atoms with Gasteiger partial charge < -0.3 is 4.52 Å². The first kappa shape index (κ1) is 16.1. The average molecular weight is 324 g/mol. The second-order valence-corrected chi connectivity index (χ2v) is 6.08. The summed E-state index contributed by atoms with van der Waals surface area (Å²) in [5.41, 5.74) is 2.49. The molecule has 2 aromatic carbocycles. The molecule has 0 atom stereocenters. The van der Waals surface area contributed by atoms with Gasteiger partial charge in [-0.1, -0.05) is 37.2 Å². The second-order valence-electron chi connectivity index (χ2n) is 6.08. The molecule has 0 amide bonds. The Morgan fingerprint density at radius 3 is 2.54 bits per heavy atom. The Kier molecular flexibility index (Phi) is 4.51.